The van der Waals surface area contributed by atoms with Gasteiger partial charge in [0, 0.05) is 0 Å². The van der Waals surface area contributed by atoms with Crippen LogP contribution in [0.4, 0.5) is 0 Å². The Bertz CT molecular complexity index is 2260. The highest BCUT2D eigenvalue weighted by molar-refractivity contribution is 6.30. The smallest absolute Gasteiger partial charge is 0.000740 e. The van der Waals surface area contributed by atoms with E-state index in [9.17, 15) is 0 Å². The molecule has 8 aromatic carbocycles. The van der Waals surface area contributed by atoms with Gasteiger partial charge in [-0.15, -0.1) is 0 Å². The van der Waals surface area contributed by atoms with Gasteiger partial charge in [-0.05, 0) is 102 Å². The molecule has 1 aliphatic carbocycles. The Balaban J connectivity index is 1.50. The summed E-state index contributed by atoms with van der Waals surface area (Å²) in [6.45, 7) is 4.33. The molecule has 0 bridgehead atoms. The van der Waals surface area contributed by atoms with Crippen LogP contribution in [0.2, 0.25) is 0 Å². The van der Waals surface area contributed by atoms with Crippen LogP contribution in [0.1, 0.15) is 11.1 Å². The Morgan fingerprint density at radius 3 is 1.02 bits per heavy atom. The molecule has 0 N–H and O–H groups in total. The van der Waals surface area contributed by atoms with Gasteiger partial charge in [-0.3, -0.25) is 0 Å². The van der Waals surface area contributed by atoms with E-state index in [-0.39, 0.29) is 0 Å². The standard InChI is InChI=1S/C46H32/c1-29-17-21-33(22-18-29)41-37-15-9-10-16-38(37)42(34-23-19-30(2)20-24-34)46-40-28-26-36(32-13-7-4-8-14-32)43-35(31-11-5-3-6-12-31)25-27-39(44(40)43)45(41)46/h3-28H,1-2H3. The van der Waals surface area contributed by atoms with Crippen LogP contribution in [0.3, 0.4) is 0 Å². The summed E-state index contributed by atoms with van der Waals surface area (Å²) >= 11 is 0. The van der Waals surface area contributed by atoms with Gasteiger partial charge in [0.05, 0.1) is 0 Å². The third kappa shape index (κ3) is 4.00. The molecule has 0 heterocycles. The summed E-state index contributed by atoms with van der Waals surface area (Å²) < 4.78 is 0. The largest absolute Gasteiger partial charge is 0.0622 e. The van der Waals surface area contributed by atoms with E-state index in [4.69, 9.17) is 0 Å². The van der Waals surface area contributed by atoms with Crippen LogP contribution in [-0.4, -0.2) is 0 Å². The summed E-state index contributed by atoms with van der Waals surface area (Å²) in [5.74, 6) is 0. The van der Waals surface area contributed by atoms with Gasteiger partial charge in [0.1, 0.15) is 0 Å². The summed E-state index contributed by atoms with van der Waals surface area (Å²) in [5.41, 5.74) is 18.0. The van der Waals surface area contributed by atoms with Crippen molar-refractivity contribution < 1.29 is 0 Å². The summed E-state index contributed by atoms with van der Waals surface area (Å²) in [6, 6.07) is 58.4. The fourth-order valence-corrected chi connectivity index (χ4v) is 7.65. The minimum atomic E-state index is 1.24. The molecule has 9 rings (SSSR count). The summed E-state index contributed by atoms with van der Waals surface area (Å²) in [5, 5.41) is 5.24. The third-order valence-corrected chi connectivity index (χ3v) is 9.77. The third-order valence-electron chi connectivity index (χ3n) is 9.77. The first-order chi connectivity index (χ1) is 22.7. The molecule has 0 nitrogen and oxygen atoms in total. The maximum absolute atomic E-state index is 2.39. The van der Waals surface area contributed by atoms with Crippen LogP contribution < -0.4 is 0 Å². The lowest BCUT2D eigenvalue weighted by molar-refractivity contribution is 1.47. The highest BCUT2D eigenvalue weighted by atomic mass is 14.3. The maximum atomic E-state index is 2.39. The number of aryl methyl sites for hydroxylation is 2. The molecule has 0 saturated heterocycles. The molecule has 0 amide bonds. The van der Waals surface area contributed by atoms with Crippen molar-refractivity contribution in [3.63, 3.8) is 0 Å². The van der Waals surface area contributed by atoms with E-state index in [1.807, 2.05) is 0 Å². The van der Waals surface area contributed by atoms with Gasteiger partial charge < -0.3 is 0 Å². The molecule has 0 fully saturated rings. The van der Waals surface area contributed by atoms with Crippen LogP contribution in [0.25, 0.3) is 88.3 Å². The fourth-order valence-electron chi connectivity index (χ4n) is 7.65. The molecule has 0 radical (unpaired) electrons. The van der Waals surface area contributed by atoms with Crippen molar-refractivity contribution in [2.24, 2.45) is 0 Å². The molecule has 0 aliphatic heterocycles. The molecule has 0 aromatic heterocycles. The summed E-state index contributed by atoms with van der Waals surface area (Å²) in [6.07, 6.45) is 0. The second kappa shape index (κ2) is 10.4. The molecule has 0 spiro atoms. The zero-order valence-electron chi connectivity index (χ0n) is 26.0. The van der Waals surface area contributed by atoms with E-state index in [1.54, 1.807) is 0 Å². The highest BCUT2D eigenvalue weighted by Gasteiger charge is 2.32. The molecule has 8 aromatic rings. The monoisotopic (exact) mass is 584 g/mol. The Morgan fingerprint density at radius 1 is 0.261 bits per heavy atom. The average Bonchev–Trinajstić information content (AvgIpc) is 3.44. The Hall–Kier alpha value is -5.72. The van der Waals surface area contributed by atoms with E-state index in [2.05, 4.69) is 172 Å². The molecule has 0 atom stereocenters. The van der Waals surface area contributed by atoms with Crippen LogP contribution in [-0.2, 0) is 0 Å². The lowest BCUT2D eigenvalue weighted by Gasteiger charge is -2.20. The van der Waals surface area contributed by atoms with Crippen LogP contribution >= 0.6 is 0 Å². The van der Waals surface area contributed by atoms with Crippen LogP contribution in [0.5, 0.6) is 0 Å². The van der Waals surface area contributed by atoms with E-state index < -0.39 is 0 Å². The predicted octanol–water partition coefficient (Wildman–Crippen LogP) is 12.9. The van der Waals surface area contributed by atoms with Crippen molar-refractivity contribution in [2.45, 2.75) is 13.8 Å². The van der Waals surface area contributed by atoms with E-state index in [1.165, 1.54) is 99.4 Å². The Labute approximate surface area is 270 Å². The van der Waals surface area contributed by atoms with E-state index in [0.717, 1.165) is 0 Å². The Morgan fingerprint density at radius 2 is 0.609 bits per heavy atom. The SMILES string of the molecule is Cc1ccc(-c2c3c(c(-c4ccc(C)cc4)c4ccccc24)-c2ccc(-c4ccccc4)c4c(-c5ccccc5)ccc-3c24)cc1. The topological polar surface area (TPSA) is 0 Å². The zero-order chi connectivity index (χ0) is 30.8. The van der Waals surface area contributed by atoms with Gasteiger partial charge >= 0.3 is 0 Å². The first-order valence-corrected chi connectivity index (χ1v) is 16.1. The number of fused-ring (bicyclic) bond motifs is 4. The van der Waals surface area contributed by atoms with Crippen molar-refractivity contribution in [2.75, 3.05) is 0 Å². The number of benzene rings is 8. The minimum absolute atomic E-state index is 1.24. The van der Waals surface area contributed by atoms with Crippen molar-refractivity contribution in [1.82, 2.24) is 0 Å². The maximum Gasteiger partial charge on any atom is -0.000740 e. The number of hydrogen-bond acceptors (Lipinski definition) is 0. The second-order valence-electron chi connectivity index (χ2n) is 12.6. The average molecular weight is 585 g/mol. The number of rotatable bonds is 4. The zero-order valence-corrected chi connectivity index (χ0v) is 26.0. The lowest BCUT2D eigenvalue weighted by Crippen LogP contribution is -1.93. The Kier molecular flexibility index (Phi) is 6.05. The first-order valence-electron chi connectivity index (χ1n) is 16.1. The molecule has 1 aliphatic rings. The van der Waals surface area contributed by atoms with Gasteiger partial charge in [-0.25, -0.2) is 0 Å². The van der Waals surface area contributed by atoms with Crippen molar-refractivity contribution in [3.05, 3.63) is 169 Å². The van der Waals surface area contributed by atoms with Crippen molar-refractivity contribution in [1.29, 1.82) is 0 Å². The second-order valence-corrected chi connectivity index (χ2v) is 12.6. The minimum Gasteiger partial charge on any atom is -0.0622 e. The van der Waals surface area contributed by atoms with Gasteiger partial charge in [0.15, 0.2) is 0 Å². The molecular formula is C46H32. The fraction of sp³-hybridized carbons (Fsp3) is 0.0435. The van der Waals surface area contributed by atoms with Gasteiger partial charge in [-0.2, -0.15) is 0 Å². The van der Waals surface area contributed by atoms with E-state index in [0.29, 0.717) is 0 Å². The first kappa shape index (κ1) is 26.7. The predicted molar refractivity (Wildman–Crippen MR) is 197 cm³/mol. The molecule has 0 saturated carbocycles. The van der Waals surface area contributed by atoms with Gasteiger partial charge in [0.25, 0.3) is 0 Å². The van der Waals surface area contributed by atoms with Crippen LogP contribution in [0, 0.1) is 13.8 Å². The summed E-state index contributed by atoms with van der Waals surface area (Å²) in [4.78, 5) is 0. The van der Waals surface area contributed by atoms with Crippen molar-refractivity contribution in [3.8, 4) is 66.8 Å². The van der Waals surface area contributed by atoms with Gasteiger partial charge in [0.2, 0.25) is 0 Å². The van der Waals surface area contributed by atoms with Crippen molar-refractivity contribution >= 4 is 21.5 Å². The quantitative estimate of drug-likeness (QED) is 0.193. The lowest BCUT2D eigenvalue weighted by atomic mass is 9.82. The molecule has 0 unspecified atom stereocenters. The summed E-state index contributed by atoms with van der Waals surface area (Å²) in [7, 11) is 0. The highest BCUT2D eigenvalue weighted by Crippen LogP contribution is 2.59. The molecule has 46 heavy (non-hydrogen) atoms. The molecular weight excluding hydrogens is 553 g/mol. The van der Waals surface area contributed by atoms with Crippen LogP contribution in [0.15, 0.2) is 158 Å². The van der Waals surface area contributed by atoms with Gasteiger partial charge in [-0.1, -0.05) is 169 Å². The molecule has 0 heteroatoms. The van der Waals surface area contributed by atoms with E-state index >= 15 is 0 Å². The normalized spacial score (nSPS) is 11.7. The number of hydrogen-bond donors (Lipinski definition) is 0. The molecule has 216 valence electrons.